The molecule has 1 saturated heterocycles. The molecule has 1 heterocycles. The van der Waals surface area contributed by atoms with Gasteiger partial charge < -0.3 is 24.8 Å². The molecule has 0 aromatic heterocycles. The van der Waals surface area contributed by atoms with Crippen molar-refractivity contribution in [1.82, 2.24) is 10.6 Å². The molecule has 1 atom stereocenters. The van der Waals surface area contributed by atoms with E-state index in [1.54, 1.807) is 7.11 Å². The van der Waals surface area contributed by atoms with Gasteiger partial charge in [0.2, 0.25) is 0 Å². The lowest BCUT2D eigenvalue weighted by molar-refractivity contribution is 0.0676. The van der Waals surface area contributed by atoms with Gasteiger partial charge in [0.25, 0.3) is 0 Å². The van der Waals surface area contributed by atoms with E-state index in [0.717, 1.165) is 56.3 Å². The number of aliphatic imine (C=N–C) groups is 1. The van der Waals surface area contributed by atoms with Crippen molar-refractivity contribution in [2.45, 2.75) is 51.7 Å². The minimum absolute atomic E-state index is 0.220. The number of hydrogen-bond acceptors (Lipinski definition) is 4. The topological polar surface area (TPSA) is 64.1 Å². The molecule has 2 aliphatic rings. The number of rotatable bonds is 10. The number of methoxy groups -OCH3 is 1. The molecule has 1 aromatic rings. The van der Waals surface area contributed by atoms with Crippen molar-refractivity contribution in [1.29, 1.82) is 0 Å². The van der Waals surface area contributed by atoms with Crippen molar-refractivity contribution in [3.8, 4) is 5.75 Å². The molecular formula is C22H35N3O3. The number of aryl methyl sites for hydroxylation is 1. The van der Waals surface area contributed by atoms with Crippen LogP contribution in [0.3, 0.4) is 0 Å². The Morgan fingerprint density at radius 2 is 2.18 bits per heavy atom. The summed E-state index contributed by atoms with van der Waals surface area (Å²) in [7, 11) is 3.58. The van der Waals surface area contributed by atoms with Crippen molar-refractivity contribution in [2.24, 2.45) is 10.4 Å². The van der Waals surface area contributed by atoms with Crippen LogP contribution in [0.2, 0.25) is 0 Å². The van der Waals surface area contributed by atoms with Gasteiger partial charge in [-0.1, -0.05) is 12.1 Å². The fourth-order valence-corrected chi connectivity index (χ4v) is 3.58. The van der Waals surface area contributed by atoms with Gasteiger partial charge in [-0.2, -0.15) is 0 Å². The summed E-state index contributed by atoms with van der Waals surface area (Å²) in [5.41, 5.74) is 2.71. The standard InChI is InChI=1S/C22H35N3O3/c1-17-6-7-18(20(13-17)28-15-19-5-4-11-27-19)14-24-21(23-2)25-16-22(8-9-22)10-12-26-3/h6-7,13,19H,4-5,8-12,14-16H2,1-3H3,(H2,23,24,25). The number of hydrogen-bond donors (Lipinski definition) is 2. The van der Waals surface area contributed by atoms with E-state index in [4.69, 9.17) is 14.2 Å². The average Bonchev–Trinajstić information content (AvgIpc) is 3.28. The van der Waals surface area contributed by atoms with Crippen molar-refractivity contribution >= 4 is 5.96 Å². The van der Waals surface area contributed by atoms with Gasteiger partial charge >= 0.3 is 0 Å². The van der Waals surface area contributed by atoms with Crippen LogP contribution in [0, 0.1) is 12.3 Å². The fraction of sp³-hybridized carbons (Fsp3) is 0.682. The predicted octanol–water partition coefficient (Wildman–Crippen LogP) is 3.03. The summed E-state index contributed by atoms with van der Waals surface area (Å²) in [4.78, 5) is 4.37. The summed E-state index contributed by atoms with van der Waals surface area (Å²) in [6, 6.07) is 6.35. The molecule has 0 spiro atoms. The molecule has 28 heavy (non-hydrogen) atoms. The SMILES string of the molecule is CN=C(NCc1ccc(C)cc1OCC1CCCO1)NCC1(CCOC)CC1. The number of ether oxygens (including phenoxy) is 3. The van der Waals surface area contributed by atoms with Crippen LogP contribution in [-0.2, 0) is 16.0 Å². The normalized spacial score (nSPS) is 20.8. The van der Waals surface area contributed by atoms with E-state index in [1.165, 1.54) is 18.4 Å². The second-order valence-corrected chi connectivity index (χ2v) is 8.08. The van der Waals surface area contributed by atoms with E-state index < -0.39 is 0 Å². The third kappa shape index (κ3) is 6.11. The maximum Gasteiger partial charge on any atom is 0.191 e. The molecule has 1 aliphatic heterocycles. The van der Waals surface area contributed by atoms with E-state index >= 15 is 0 Å². The van der Waals surface area contributed by atoms with Crippen LogP contribution in [0.25, 0.3) is 0 Å². The van der Waals surface area contributed by atoms with Crippen LogP contribution in [0.4, 0.5) is 0 Å². The summed E-state index contributed by atoms with van der Waals surface area (Å²) >= 11 is 0. The van der Waals surface area contributed by atoms with Gasteiger partial charge in [-0.3, -0.25) is 4.99 Å². The smallest absolute Gasteiger partial charge is 0.191 e. The lowest BCUT2D eigenvalue weighted by atomic mass is 10.0. The van der Waals surface area contributed by atoms with Crippen LogP contribution < -0.4 is 15.4 Å². The highest BCUT2D eigenvalue weighted by molar-refractivity contribution is 5.79. The third-order valence-corrected chi connectivity index (χ3v) is 5.77. The Balaban J connectivity index is 1.50. The van der Waals surface area contributed by atoms with Crippen LogP contribution in [0.5, 0.6) is 5.75 Å². The molecule has 156 valence electrons. The first-order chi connectivity index (χ1) is 13.6. The molecule has 1 saturated carbocycles. The largest absolute Gasteiger partial charge is 0.491 e. The number of guanidine groups is 1. The molecule has 0 amide bonds. The molecule has 6 heteroatoms. The van der Waals surface area contributed by atoms with Crippen molar-refractivity contribution in [2.75, 3.05) is 40.5 Å². The molecule has 1 unspecified atom stereocenters. The first kappa shape index (κ1) is 20.9. The molecule has 6 nitrogen and oxygen atoms in total. The van der Waals surface area contributed by atoms with Gasteiger partial charge in [0.05, 0.1) is 6.10 Å². The Morgan fingerprint density at radius 3 is 2.86 bits per heavy atom. The van der Waals surface area contributed by atoms with E-state index in [2.05, 4.69) is 40.7 Å². The zero-order chi connectivity index (χ0) is 19.8. The summed E-state index contributed by atoms with van der Waals surface area (Å²) in [6.45, 7) is 5.99. The van der Waals surface area contributed by atoms with Crippen molar-refractivity contribution in [3.63, 3.8) is 0 Å². The molecule has 2 N–H and O–H groups in total. The number of nitrogens with zero attached hydrogens (tertiary/aromatic N) is 1. The Labute approximate surface area is 169 Å². The van der Waals surface area contributed by atoms with Crippen LogP contribution in [0.15, 0.2) is 23.2 Å². The van der Waals surface area contributed by atoms with Gasteiger partial charge in [-0.25, -0.2) is 0 Å². The quantitative estimate of drug-likeness (QED) is 0.476. The van der Waals surface area contributed by atoms with Crippen molar-refractivity contribution < 1.29 is 14.2 Å². The van der Waals surface area contributed by atoms with E-state index in [0.29, 0.717) is 18.6 Å². The zero-order valence-corrected chi connectivity index (χ0v) is 17.6. The lowest BCUT2D eigenvalue weighted by Crippen LogP contribution is -2.40. The monoisotopic (exact) mass is 389 g/mol. The van der Waals surface area contributed by atoms with E-state index in [9.17, 15) is 0 Å². The fourth-order valence-electron chi connectivity index (χ4n) is 3.58. The summed E-state index contributed by atoms with van der Waals surface area (Å²) in [5.74, 6) is 1.76. The third-order valence-electron chi connectivity index (χ3n) is 5.77. The number of nitrogens with one attached hydrogen (secondary N) is 2. The summed E-state index contributed by atoms with van der Waals surface area (Å²) in [5, 5.41) is 6.91. The highest BCUT2D eigenvalue weighted by Crippen LogP contribution is 2.48. The second-order valence-electron chi connectivity index (χ2n) is 8.08. The summed E-state index contributed by atoms with van der Waals surface area (Å²) in [6.07, 6.45) is 6.06. The van der Waals surface area contributed by atoms with E-state index in [-0.39, 0.29) is 6.10 Å². The van der Waals surface area contributed by atoms with Gasteiger partial charge in [-0.15, -0.1) is 0 Å². The van der Waals surface area contributed by atoms with Crippen molar-refractivity contribution in [3.05, 3.63) is 29.3 Å². The van der Waals surface area contributed by atoms with Crippen LogP contribution in [-0.4, -0.2) is 52.6 Å². The highest BCUT2D eigenvalue weighted by Gasteiger charge is 2.41. The van der Waals surface area contributed by atoms with Gasteiger partial charge in [0, 0.05) is 46.0 Å². The number of benzene rings is 1. The Morgan fingerprint density at radius 1 is 1.32 bits per heavy atom. The average molecular weight is 390 g/mol. The minimum atomic E-state index is 0.220. The first-order valence-corrected chi connectivity index (χ1v) is 10.4. The second kappa shape index (κ2) is 10.1. The Kier molecular flexibility index (Phi) is 7.57. The molecular weight excluding hydrogens is 354 g/mol. The zero-order valence-electron chi connectivity index (χ0n) is 17.6. The molecule has 0 radical (unpaired) electrons. The van der Waals surface area contributed by atoms with Gasteiger partial charge in [-0.05, 0) is 56.1 Å². The molecule has 1 aromatic carbocycles. The summed E-state index contributed by atoms with van der Waals surface area (Å²) < 4.78 is 17.0. The molecule has 0 bridgehead atoms. The maximum absolute atomic E-state index is 6.10. The Hall–Kier alpha value is -1.79. The Bertz CT molecular complexity index is 652. The predicted molar refractivity (Wildman–Crippen MR) is 112 cm³/mol. The van der Waals surface area contributed by atoms with Gasteiger partial charge in [0.1, 0.15) is 12.4 Å². The molecule has 2 fully saturated rings. The highest BCUT2D eigenvalue weighted by atomic mass is 16.5. The first-order valence-electron chi connectivity index (χ1n) is 10.4. The van der Waals surface area contributed by atoms with Crippen LogP contribution >= 0.6 is 0 Å². The minimum Gasteiger partial charge on any atom is -0.491 e. The maximum atomic E-state index is 6.10. The van der Waals surface area contributed by atoms with E-state index in [1.807, 2.05) is 7.05 Å². The molecule has 1 aliphatic carbocycles. The lowest BCUT2D eigenvalue weighted by Gasteiger charge is -2.19. The van der Waals surface area contributed by atoms with Gasteiger partial charge in [0.15, 0.2) is 5.96 Å². The molecule has 3 rings (SSSR count). The van der Waals surface area contributed by atoms with Crippen LogP contribution in [0.1, 0.15) is 43.2 Å².